The van der Waals surface area contributed by atoms with Crippen molar-refractivity contribution in [1.82, 2.24) is 0 Å². The highest BCUT2D eigenvalue weighted by molar-refractivity contribution is 9.11. The summed E-state index contributed by atoms with van der Waals surface area (Å²) in [4.78, 5) is 0. The first-order chi connectivity index (χ1) is 8.99. The van der Waals surface area contributed by atoms with E-state index >= 15 is 0 Å². The molecule has 0 spiro atoms. The van der Waals surface area contributed by atoms with Crippen molar-refractivity contribution in [2.45, 2.75) is 12.5 Å². The molecule has 100 valence electrons. The standard InChI is InChI=1S/C14H11Br2F2N/c15-9-4-5-10(11(16)7-9)13(19)6-8-2-1-3-12(17)14(8)18/h1-5,7,13H,6,19H2. The summed E-state index contributed by atoms with van der Waals surface area (Å²) in [6, 6.07) is 9.32. The molecule has 0 aliphatic rings. The number of benzene rings is 2. The monoisotopic (exact) mass is 389 g/mol. The predicted octanol–water partition coefficient (Wildman–Crippen LogP) is 4.73. The lowest BCUT2D eigenvalue weighted by molar-refractivity contribution is 0.494. The van der Waals surface area contributed by atoms with E-state index in [1.165, 1.54) is 6.07 Å². The van der Waals surface area contributed by atoms with Crippen molar-refractivity contribution in [3.8, 4) is 0 Å². The Kier molecular flexibility index (Phi) is 4.71. The fourth-order valence-electron chi connectivity index (χ4n) is 1.86. The van der Waals surface area contributed by atoms with Crippen LogP contribution in [0.1, 0.15) is 17.2 Å². The van der Waals surface area contributed by atoms with Gasteiger partial charge in [0.2, 0.25) is 0 Å². The Bertz CT molecular complexity index is 602. The lowest BCUT2D eigenvalue weighted by atomic mass is 9.99. The normalized spacial score (nSPS) is 12.5. The molecule has 0 fully saturated rings. The van der Waals surface area contributed by atoms with Gasteiger partial charge in [-0.15, -0.1) is 0 Å². The van der Waals surface area contributed by atoms with Crippen molar-refractivity contribution < 1.29 is 8.78 Å². The second-order valence-electron chi connectivity index (χ2n) is 4.19. The maximum atomic E-state index is 13.6. The molecule has 2 rings (SSSR count). The maximum Gasteiger partial charge on any atom is 0.162 e. The summed E-state index contributed by atoms with van der Waals surface area (Å²) in [7, 11) is 0. The van der Waals surface area contributed by atoms with Crippen LogP contribution in [-0.4, -0.2) is 0 Å². The topological polar surface area (TPSA) is 26.0 Å². The molecule has 2 N–H and O–H groups in total. The Balaban J connectivity index is 2.25. The van der Waals surface area contributed by atoms with Crippen LogP contribution in [0.4, 0.5) is 8.78 Å². The number of rotatable bonds is 3. The van der Waals surface area contributed by atoms with Crippen molar-refractivity contribution in [3.05, 3.63) is 68.1 Å². The van der Waals surface area contributed by atoms with E-state index in [1.54, 1.807) is 6.07 Å². The summed E-state index contributed by atoms with van der Waals surface area (Å²) >= 11 is 6.77. The molecule has 0 radical (unpaired) electrons. The molecular weight excluding hydrogens is 380 g/mol. The first kappa shape index (κ1) is 14.6. The molecule has 0 bridgehead atoms. The summed E-state index contributed by atoms with van der Waals surface area (Å²) in [5.41, 5.74) is 7.20. The molecule has 2 aromatic carbocycles. The van der Waals surface area contributed by atoms with Gasteiger partial charge >= 0.3 is 0 Å². The number of nitrogens with two attached hydrogens (primary N) is 1. The Morgan fingerprint density at radius 1 is 1.11 bits per heavy atom. The van der Waals surface area contributed by atoms with Gasteiger partial charge in [0.05, 0.1) is 0 Å². The van der Waals surface area contributed by atoms with Crippen molar-refractivity contribution in [2.24, 2.45) is 5.73 Å². The molecule has 1 nitrogen and oxygen atoms in total. The molecule has 0 heterocycles. The lowest BCUT2D eigenvalue weighted by Crippen LogP contribution is -2.15. The third-order valence-electron chi connectivity index (χ3n) is 2.83. The molecule has 0 aromatic heterocycles. The van der Waals surface area contributed by atoms with Gasteiger partial charge in [-0.05, 0) is 35.7 Å². The molecule has 5 heteroatoms. The Hall–Kier alpha value is -0.780. The highest BCUT2D eigenvalue weighted by atomic mass is 79.9. The third kappa shape index (κ3) is 3.41. The quantitative estimate of drug-likeness (QED) is 0.805. The van der Waals surface area contributed by atoms with Gasteiger partial charge in [0, 0.05) is 15.0 Å². The summed E-state index contributed by atoms with van der Waals surface area (Å²) in [5.74, 6) is -1.68. The van der Waals surface area contributed by atoms with Crippen LogP contribution < -0.4 is 5.73 Å². The van der Waals surface area contributed by atoms with Crippen LogP contribution in [-0.2, 0) is 6.42 Å². The Labute approximate surface area is 127 Å². The van der Waals surface area contributed by atoms with Gasteiger partial charge in [-0.3, -0.25) is 0 Å². The molecule has 1 atom stereocenters. The summed E-state index contributed by atoms with van der Waals surface area (Å²) in [6.45, 7) is 0. The van der Waals surface area contributed by atoms with Gasteiger partial charge in [0.15, 0.2) is 11.6 Å². The van der Waals surface area contributed by atoms with E-state index < -0.39 is 17.7 Å². The van der Waals surface area contributed by atoms with Crippen LogP contribution >= 0.6 is 31.9 Å². The Morgan fingerprint density at radius 3 is 2.53 bits per heavy atom. The van der Waals surface area contributed by atoms with Crippen LogP contribution in [0, 0.1) is 11.6 Å². The molecule has 2 aromatic rings. The molecule has 0 amide bonds. The van der Waals surface area contributed by atoms with Gasteiger partial charge in [0.25, 0.3) is 0 Å². The fourth-order valence-corrected chi connectivity index (χ4v) is 3.20. The summed E-state index contributed by atoms with van der Waals surface area (Å²) in [5, 5.41) is 0. The highest BCUT2D eigenvalue weighted by Gasteiger charge is 2.15. The van der Waals surface area contributed by atoms with E-state index in [-0.39, 0.29) is 12.0 Å². The number of hydrogen-bond donors (Lipinski definition) is 1. The lowest BCUT2D eigenvalue weighted by Gasteiger charge is -2.15. The molecule has 19 heavy (non-hydrogen) atoms. The smallest absolute Gasteiger partial charge is 0.162 e. The highest BCUT2D eigenvalue weighted by Crippen LogP contribution is 2.28. The van der Waals surface area contributed by atoms with Gasteiger partial charge in [-0.1, -0.05) is 50.1 Å². The first-order valence-electron chi connectivity index (χ1n) is 5.62. The number of hydrogen-bond acceptors (Lipinski definition) is 1. The van der Waals surface area contributed by atoms with Crippen molar-refractivity contribution in [3.63, 3.8) is 0 Å². The second-order valence-corrected chi connectivity index (χ2v) is 5.96. The van der Waals surface area contributed by atoms with E-state index in [9.17, 15) is 8.78 Å². The van der Waals surface area contributed by atoms with E-state index in [0.717, 1.165) is 20.6 Å². The van der Waals surface area contributed by atoms with Crippen molar-refractivity contribution in [2.75, 3.05) is 0 Å². The molecule has 0 saturated carbocycles. The minimum atomic E-state index is -0.848. The third-order valence-corrected chi connectivity index (χ3v) is 4.01. The van der Waals surface area contributed by atoms with Crippen LogP contribution in [0.3, 0.4) is 0 Å². The minimum absolute atomic E-state index is 0.240. The molecular formula is C14H11Br2F2N. The Morgan fingerprint density at radius 2 is 1.84 bits per heavy atom. The van der Waals surface area contributed by atoms with Crippen molar-refractivity contribution >= 4 is 31.9 Å². The summed E-state index contributed by atoms with van der Waals surface area (Å²) < 4.78 is 28.5. The van der Waals surface area contributed by atoms with Gasteiger partial charge in [-0.2, -0.15) is 0 Å². The predicted molar refractivity (Wildman–Crippen MR) is 78.8 cm³/mol. The average Bonchev–Trinajstić information content (AvgIpc) is 2.34. The van der Waals surface area contributed by atoms with Crippen LogP contribution in [0.25, 0.3) is 0 Å². The first-order valence-corrected chi connectivity index (χ1v) is 7.21. The summed E-state index contributed by atoms with van der Waals surface area (Å²) in [6.07, 6.45) is 0.240. The minimum Gasteiger partial charge on any atom is -0.324 e. The molecule has 0 saturated heterocycles. The van der Waals surface area contributed by atoms with E-state index in [2.05, 4.69) is 31.9 Å². The molecule has 0 aliphatic heterocycles. The largest absolute Gasteiger partial charge is 0.324 e. The zero-order chi connectivity index (χ0) is 14.0. The average molecular weight is 391 g/mol. The van der Waals surface area contributed by atoms with Crippen LogP contribution in [0.15, 0.2) is 45.3 Å². The van der Waals surface area contributed by atoms with E-state index in [0.29, 0.717) is 0 Å². The van der Waals surface area contributed by atoms with Gasteiger partial charge < -0.3 is 5.73 Å². The van der Waals surface area contributed by atoms with E-state index in [4.69, 9.17) is 5.73 Å². The molecule has 1 unspecified atom stereocenters. The zero-order valence-electron chi connectivity index (χ0n) is 9.84. The second kappa shape index (κ2) is 6.11. The zero-order valence-corrected chi connectivity index (χ0v) is 13.0. The SMILES string of the molecule is NC(Cc1cccc(F)c1F)c1ccc(Br)cc1Br. The van der Waals surface area contributed by atoms with Crippen LogP contribution in [0.5, 0.6) is 0 Å². The number of halogens is 4. The van der Waals surface area contributed by atoms with Crippen LogP contribution in [0.2, 0.25) is 0 Å². The van der Waals surface area contributed by atoms with E-state index in [1.807, 2.05) is 18.2 Å². The van der Waals surface area contributed by atoms with Crippen molar-refractivity contribution in [1.29, 1.82) is 0 Å². The fraction of sp³-hybridized carbons (Fsp3) is 0.143. The maximum absolute atomic E-state index is 13.6. The van der Waals surface area contributed by atoms with Gasteiger partial charge in [0.1, 0.15) is 0 Å². The van der Waals surface area contributed by atoms with Gasteiger partial charge in [-0.25, -0.2) is 8.78 Å². The molecule has 0 aliphatic carbocycles.